The lowest BCUT2D eigenvalue weighted by Gasteiger charge is -2.24. The van der Waals surface area contributed by atoms with Gasteiger partial charge in [-0.2, -0.15) is 0 Å². The number of piperidine rings is 1. The van der Waals surface area contributed by atoms with Crippen LogP contribution in [0.4, 0.5) is 0 Å². The molecule has 1 heterocycles. The second-order valence-corrected chi connectivity index (χ2v) is 3.80. The number of hydrogen-bond acceptors (Lipinski definition) is 4. The summed E-state index contributed by atoms with van der Waals surface area (Å²) in [6, 6.07) is 0.305. The first-order chi connectivity index (χ1) is 6.74. The SMILES string of the molecule is COC(=O)C(C)NCC1CCCCN1. The van der Waals surface area contributed by atoms with Gasteiger partial charge in [0.15, 0.2) is 0 Å². The van der Waals surface area contributed by atoms with Crippen molar-refractivity contribution in [3.63, 3.8) is 0 Å². The minimum Gasteiger partial charge on any atom is -0.468 e. The standard InChI is InChI=1S/C10H20N2O2/c1-8(10(13)14-2)12-7-9-5-3-4-6-11-9/h8-9,11-12H,3-7H2,1-2H3. The predicted molar refractivity (Wildman–Crippen MR) is 55.1 cm³/mol. The van der Waals surface area contributed by atoms with Gasteiger partial charge in [-0.3, -0.25) is 4.79 Å². The molecule has 0 spiro atoms. The van der Waals surface area contributed by atoms with Crippen molar-refractivity contribution in [1.29, 1.82) is 0 Å². The van der Waals surface area contributed by atoms with E-state index in [0.29, 0.717) is 6.04 Å². The predicted octanol–water partition coefficient (Wildman–Crippen LogP) is 0.280. The van der Waals surface area contributed by atoms with E-state index in [1.807, 2.05) is 6.92 Å². The van der Waals surface area contributed by atoms with Crippen LogP contribution in [0.1, 0.15) is 26.2 Å². The van der Waals surface area contributed by atoms with Crippen LogP contribution in [-0.2, 0) is 9.53 Å². The molecule has 0 amide bonds. The highest BCUT2D eigenvalue weighted by Gasteiger charge is 2.16. The summed E-state index contributed by atoms with van der Waals surface area (Å²) >= 11 is 0. The summed E-state index contributed by atoms with van der Waals surface area (Å²) < 4.78 is 4.63. The summed E-state index contributed by atoms with van der Waals surface area (Å²) in [5, 5.41) is 6.58. The summed E-state index contributed by atoms with van der Waals surface area (Å²) in [5.41, 5.74) is 0. The maximum atomic E-state index is 11.1. The van der Waals surface area contributed by atoms with E-state index in [2.05, 4.69) is 15.4 Å². The topological polar surface area (TPSA) is 50.4 Å². The highest BCUT2D eigenvalue weighted by atomic mass is 16.5. The van der Waals surface area contributed by atoms with Crippen LogP contribution in [-0.4, -0.2) is 38.3 Å². The Balaban J connectivity index is 2.15. The van der Waals surface area contributed by atoms with Crippen molar-refractivity contribution in [1.82, 2.24) is 10.6 Å². The van der Waals surface area contributed by atoms with Crippen molar-refractivity contribution in [3.05, 3.63) is 0 Å². The zero-order chi connectivity index (χ0) is 10.4. The number of nitrogens with one attached hydrogen (secondary N) is 2. The number of rotatable bonds is 4. The molecule has 1 aliphatic rings. The van der Waals surface area contributed by atoms with E-state index in [1.54, 1.807) is 0 Å². The molecule has 1 fully saturated rings. The molecule has 0 aromatic carbocycles. The van der Waals surface area contributed by atoms with Gasteiger partial charge < -0.3 is 15.4 Å². The van der Waals surface area contributed by atoms with Crippen molar-refractivity contribution in [2.24, 2.45) is 0 Å². The summed E-state index contributed by atoms with van der Waals surface area (Å²) in [6.45, 7) is 3.77. The molecule has 0 saturated carbocycles. The van der Waals surface area contributed by atoms with E-state index in [4.69, 9.17) is 0 Å². The lowest BCUT2D eigenvalue weighted by atomic mass is 10.0. The third-order valence-corrected chi connectivity index (χ3v) is 2.64. The molecular formula is C10H20N2O2. The molecule has 2 N–H and O–H groups in total. The number of hydrogen-bond donors (Lipinski definition) is 2. The van der Waals surface area contributed by atoms with E-state index < -0.39 is 0 Å². The third-order valence-electron chi connectivity index (χ3n) is 2.64. The first-order valence-corrected chi connectivity index (χ1v) is 5.28. The molecule has 14 heavy (non-hydrogen) atoms. The molecule has 2 atom stereocenters. The molecule has 0 radical (unpaired) electrons. The zero-order valence-corrected chi connectivity index (χ0v) is 9.01. The summed E-state index contributed by atoms with van der Waals surface area (Å²) in [6.07, 6.45) is 3.75. The summed E-state index contributed by atoms with van der Waals surface area (Å²) in [5.74, 6) is -0.194. The van der Waals surface area contributed by atoms with Crippen LogP contribution >= 0.6 is 0 Å². The fourth-order valence-corrected chi connectivity index (χ4v) is 1.68. The minimum atomic E-state index is -0.205. The van der Waals surface area contributed by atoms with Gasteiger partial charge >= 0.3 is 5.97 Å². The maximum absolute atomic E-state index is 11.1. The minimum absolute atomic E-state index is 0.194. The van der Waals surface area contributed by atoms with E-state index >= 15 is 0 Å². The lowest BCUT2D eigenvalue weighted by Crippen LogP contribution is -2.46. The van der Waals surface area contributed by atoms with Gasteiger partial charge in [-0.1, -0.05) is 6.42 Å². The quantitative estimate of drug-likeness (QED) is 0.640. The molecule has 4 nitrogen and oxygen atoms in total. The smallest absolute Gasteiger partial charge is 0.322 e. The largest absolute Gasteiger partial charge is 0.468 e. The molecule has 1 aliphatic heterocycles. The van der Waals surface area contributed by atoms with E-state index in [0.717, 1.165) is 13.1 Å². The number of ether oxygens (including phenoxy) is 1. The maximum Gasteiger partial charge on any atom is 0.322 e. The Labute approximate surface area is 85.4 Å². The number of carbonyl (C=O) groups excluding carboxylic acids is 1. The molecule has 4 heteroatoms. The van der Waals surface area contributed by atoms with Crippen LogP contribution in [0.3, 0.4) is 0 Å². The van der Waals surface area contributed by atoms with Gasteiger partial charge in [0.2, 0.25) is 0 Å². The second-order valence-electron chi connectivity index (χ2n) is 3.80. The zero-order valence-electron chi connectivity index (χ0n) is 9.01. The van der Waals surface area contributed by atoms with Crippen molar-refractivity contribution in [2.45, 2.75) is 38.3 Å². The third kappa shape index (κ3) is 3.64. The molecule has 82 valence electrons. The summed E-state index contributed by atoms with van der Waals surface area (Å²) in [7, 11) is 1.42. The Kier molecular flexibility index (Phi) is 4.90. The highest BCUT2D eigenvalue weighted by Crippen LogP contribution is 2.05. The Morgan fingerprint density at radius 1 is 1.64 bits per heavy atom. The van der Waals surface area contributed by atoms with Crippen molar-refractivity contribution in [3.8, 4) is 0 Å². The number of esters is 1. The van der Waals surface area contributed by atoms with Gasteiger partial charge in [-0.25, -0.2) is 0 Å². The molecule has 0 bridgehead atoms. The molecular weight excluding hydrogens is 180 g/mol. The van der Waals surface area contributed by atoms with E-state index in [1.165, 1.54) is 26.4 Å². The van der Waals surface area contributed by atoms with Crippen LogP contribution in [0.2, 0.25) is 0 Å². The van der Waals surface area contributed by atoms with Crippen LogP contribution in [0.5, 0.6) is 0 Å². The molecule has 2 unspecified atom stereocenters. The first-order valence-electron chi connectivity index (χ1n) is 5.28. The van der Waals surface area contributed by atoms with Gasteiger partial charge in [0, 0.05) is 12.6 Å². The Bertz CT molecular complexity index is 179. The van der Waals surface area contributed by atoms with Gasteiger partial charge in [0.25, 0.3) is 0 Å². The van der Waals surface area contributed by atoms with Gasteiger partial charge in [0.1, 0.15) is 6.04 Å². The van der Waals surface area contributed by atoms with Gasteiger partial charge in [-0.15, -0.1) is 0 Å². The highest BCUT2D eigenvalue weighted by molar-refractivity contribution is 5.75. The normalized spacial score (nSPS) is 24.3. The first kappa shape index (κ1) is 11.5. The van der Waals surface area contributed by atoms with Crippen LogP contribution < -0.4 is 10.6 Å². The van der Waals surface area contributed by atoms with Gasteiger partial charge in [-0.05, 0) is 26.3 Å². The van der Waals surface area contributed by atoms with Crippen LogP contribution in [0, 0.1) is 0 Å². The molecule has 1 rings (SSSR count). The average molecular weight is 200 g/mol. The molecule has 0 aliphatic carbocycles. The van der Waals surface area contributed by atoms with Crippen LogP contribution in [0.25, 0.3) is 0 Å². The van der Waals surface area contributed by atoms with E-state index in [-0.39, 0.29) is 12.0 Å². The lowest BCUT2D eigenvalue weighted by molar-refractivity contribution is -0.142. The number of carbonyl (C=O) groups is 1. The van der Waals surface area contributed by atoms with Crippen molar-refractivity contribution >= 4 is 5.97 Å². The Morgan fingerprint density at radius 2 is 2.43 bits per heavy atom. The monoisotopic (exact) mass is 200 g/mol. The molecule has 0 aromatic rings. The fraction of sp³-hybridized carbons (Fsp3) is 0.900. The Morgan fingerprint density at radius 3 is 3.00 bits per heavy atom. The molecule has 1 saturated heterocycles. The number of methoxy groups -OCH3 is 1. The Hall–Kier alpha value is -0.610. The summed E-state index contributed by atoms with van der Waals surface area (Å²) in [4.78, 5) is 11.1. The van der Waals surface area contributed by atoms with Gasteiger partial charge in [0.05, 0.1) is 7.11 Å². The fourth-order valence-electron chi connectivity index (χ4n) is 1.68. The average Bonchev–Trinajstić information content (AvgIpc) is 2.26. The van der Waals surface area contributed by atoms with Crippen LogP contribution in [0.15, 0.2) is 0 Å². The molecule has 0 aromatic heterocycles. The second kappa shape index (κ2) is 5.98. The van der Waals surface area contributed by atoms with E-state index in [9.17, 15) is 4.79 Å². The van der Waals surface area contributed by atoms with Crippen molar-refractivity contribution in [2.75, 3.05) is 20.2 Å². The van der Waals surface area contributed by atoms with Crippen molar-refractivity contribution < 1.29 is 9.53 Å².